The van der Waals surface area contributed by atoms with Crippen molar-refractivity contribution in [3.63, 3.8) is 0 Å². The van der Waals surface area contributed by atoms with Crippen molar-refractivity contribution in [3.8, 4) is 0 Å². The van der Waals surface area contributed by atoms with Gasteiger partial charge in [-0.15, -0.1) is 0 Å². The summed E-state index contributed by atoms with van der Waals surface area (Å²) in [5.41, 5.74) is 3.21. The van der Waals surface area contributed by atoms with Crippen LogP contribution in [0.3, 0.4) is 0 Å². The first-order valence-electron chi connectivity index (χ1n) is 8.02. The molecule has 0 aliphatic heterocycles. The van der Waals surface area contributed by atoms with Crippen LogP contribution in [0.5, 0.6) is 0 Å². The van der Waals surface area contributed by atoms with Crippen LogP contribution < -0.4 is 10.6 Å². The Morgan fingerprint density at radius 2 is 1.76 bits per heavy atom. The molecule has 0 spiro atoms. The maximum Gasteiger partial charge on any atom is 0.257 e. The summed E-state index contributed by atoms with van der Waals surface area (Å²) in [4.78, 5) is 28.5. The second-order valence-corrected chi connectivity index (χ2v) is 7.20. The van der Waals surface area contributed by atoms with Gasteiger partial charge in [-0.25, -0.2) is 4.98 Å². The predicted molar refractivity (Wildman–Crippen MR) is 102 cm³/mol. The van der Waals surface area contributed by atoms with Gasteiger partial charge in [0, 0.05) is 17.2 Å². The Bertz CT molecular complexity index is 929. The van der Waals surface area contributed by atoms with Crippen molar-refractivity contribution in [2.24, 2.45) is 5.92 Å². The van der Waals surface area contributed by atoms with Crippen molar-refractivity contribution in [2.75, 3.05) is 10.6 Å². The number of nitrogens with zero attached hydrogens (tertiary/aromatic N) is 1. The third kappa shape index (κ3) is 4.03. The molecule has 128 valence electrons. The van der Waals surface area contributed by atoms with Crippen LogP contribution in [0.2, 0.25) is 0 Å². The van der Waals surface area contributed by atoms with Crippen LogP contribution in [0.1, 0.15) is 29.8 Å². The molecular formula is C19H19N3O2S. The lowest BCUT2D eigenvalue weighted by Gasteiger charge is -2.06. The first-order chi connectivity index (χ1) is 11.9. The fraction of sp³-hybridized carbons (Fsp3) is 0.211. The summed E-state index contributed by atoms with van der Waals surface area (Å²) >= 11 is 1.38. The van der Waals surface area contributed by atoms with Crippen molar-refractivity contribution >= 4 is 44.2 Å². The first kappa shape index (κ1) is 17.1. The number of rotatable bonds is 4. The zero-order valence-electron chi connectivity index (χ0n) is 14.3. The van der Waals surface area contributed by atoms with Crippen molar-refractivity contribution in [1.29, 1.82) is 0 Å². The molecule has 25 heavy (non-hydrogen) atoms. The fourth-order valence-electron chi connectivity index (χ4n) is 2.22. The molecule has 2 N–H and O–H groups in total. The van der Waals surface area contributed by atoms with Gasteiger partial charge in [0.15, 0.2) is 5.13 Å². The Balaban J connectivity index is 1.78. The molecule has 0 saturated heterocycles. The molecule has 0 unspecified atom stereocenters. The van der Waals surface area contributed by atoms with Crippen LogP contribution >= 0.6 is 11.3 Å². The highest BCUT2D eigenvalue weighted by Gasteiger charge is 2.12. The second-order valence-electron chi connectivity index (χ2n) is 6.17. The summed E-state index contributed by atoms with van der Waals surface area (Å²) in [6.07, 6.45) is 0. The molecule has 0 aliphatic carbocycles. The number of nitrogens with one attached hydrogen (secondary N) is 2. The minimum Gasteiger partial charge on any atom is -0.326 e. The number of hydrogen-bond donors (Lipinski definition) is 2. The molecule has 0 saturated carbocycles. The number of anilines is 2. The Hall–Kier alpha value is -2.73. The van der Waals surface area contributed by atoms with Gasteiger partial charge in [0.25, 0.3) is 5.91 Å². The minimum absolute atomic E-state index is 0.0308. The van der Waals surface area contributed by atoms with Gasteiger partial charge < -0.3 is 5.32 Å². The number of thiazole rings is 1. The molecule has 6 heteroatoms. The minimum atomic E-state index is -0.188. The topological polar surface area (TPSA) is 71.1 Å². The smallest absolute Gasteiger partial charge is 0.257 e. The Morgan fingerprint density at radius 3 is 2.44 bits per heavy atom. The summed E-state index contributed by atoms with van der Waals surface area (Å²) in [7, 11) is 0. The number of amides is 2. The zero-order chi connectivity index (χ0) is 18.0. The van der Waals surface area contributed by atoms with E-state index >= 15 is 0 Å². The van der Waals surface area contributed by atoms with Gasteiger partial charge in [0.2, 0.25) is 5.91 Å². The van der Waals surface area contributed by atoms with E-state index in [0.29, 0.717) is 10.7 Å². The van der Waals surface area contributed by atoms with Crippen molar-refractivity contribution < 1.29 is 9.59 Å². The summed E-state index contributed by atoms with van der Waals surface area (Å²) in [6, 6.07) is 12.9. The van der Waals surface area contributed by atoms with Gasteiger partial charge >= 0.3 is 0 Å². The van der Waals surface area contributed by atoms with Crippen LogP contribution in [-0.2, 0) is 4.79 Å². The highest BCUT2D eigenvalue weighted by molar-refractivity contribution is 7.22. The Kier molecular flexibility index (Phi) is 4.81. The molecule has 1 heterocycles. The lowest BCUT2D eigenvalue weighted by atomic mass is 10.1. The van der Waals surface area contributed by atoms with Crippen LogP contribution in [-0.4, -0.2) is 16.8 Å². The van der Waals surface area contributed by atoms with Crippen LogP contribution in [0, 0.1) is 12.8 Å². The van der Waals surface area contributed by atoms with Crippen molar-refractivity contribution in [3.05, 3.63) is 53.6 Å². The number of carbonyl (C=O) groups is 2. The van der Waals surface area contributed by atoms with Gasteiger partial charge in [-0.05, 0) is 37.3 Å². The Labute approximate surface area is 150 Å². The van der Waals surface area contributed by atoms with E-state index in [0.717, 1.165) is 21.5 Å². The Morgan fingerprint density at radius 1 is 1.04 bits per heavy atom. The summed E-state index contributed by atoms with van der Waals surface area (Å²) < 4.78 is 0.903. The molecule has 0 atom stereocenters. The predicted octanol–water partition coefficient (Wildman–Crippen LogP) is 4.45. The van der Waals surface area contributed by atoms with Crippen LogP contribution in [0.4, 0.5) is 10.8 Å². The lowest BCUT2D eigenvalue weighted by Crippen LogP contribution is -2.17. The zero-order valence-corrected chi connectivity index (χ0v) is 15.1. The normalized spacial score (nSPS) is 10.9. The van der Waals surface area contributed by atoms with Gasteiger partial charge in [-0.3, -0.25) is 14.9 Å². The maximum atomic E-state index is 12.3. The number of aryl methyl sites for hydroxylation is 1. The standard InChI is InChI=1S/C19H19N3O2S/c1-11(2)17(23)20-14-8-9-15-16(10-14)25-19(21-15)22-18(24)13-6-4-12(3)5-7-13/h4-11H,1-3H3,(H,20,23)(H,21,22,24). The number of hydrogen-bond acceptors (Lipinski definition) is 4. The first-order valence-corrected chi connectivity index (χ1v) is 8.83. The molecule has 2 amide bonds. The average molecular weight is 353 g/mol. The van der Waals surface area contributed by atoms with E-state index in [1.165, 1.54) is 11.3 Å². The summed E-state index contributed by atoms with van der Waals surface area (Å²) in [5, 5.41) is 6.23. The van der Waals surface area contributed by atoms with Crippen LogP contribution in [0.15, 0.2) is 42.5 Å². The molecule has 0 fully saturated rings. The van der Waals surface area contributed by atoms with Crippen LogP contribution in [0.25, 0.3) is 10.2 Å². The molecule has 0 radical (unpaired) electrons. The number of carbonyl (C=O) groups excluding carboxylic acids is 2. The van der Waals surface area contributed by atoms with E-state index in [9.17, 15) is 9.59 Å². The van der Waals surface area contributed by atoms with Gasteiger partial charge in [-0.2, -0.15) is 0 Å². The summed E-state index contributed by atoms with van der Waals surface area (Å²) in [5.74, 6) is -0.300. The van der Waals surface area contributed by atoms with E-state index in [1.807, 2.05) is 51.1 Å². The van der Waals surface area contributed by atoms with Gasteiger partial charge in [0.05, 0.1) is 10.2 Å². The van der Waals surface area contributed by atoms with E-state index in [4.69, 9.17) is 0 Å². The average Bonchev–Trinajstić information content (AvgIpc) is 2.96. The molecule has 3 aromatic rings. The molecule has 0 aliphatic rings. The van der Waals surface area contributed by atoms with Gasteiger partial charge in [0.1, 0.15) is 0 Å². The van der Waals surface area contributed by atoms with E-state index in [-0.39, 0.29) is 17.7 Å². The third-order valence-corrected chi connectivity index (χ3v) is 4.65. The monoisotopic (exact) mass is 353 g/mol. The highest BCUT2D eigenvalue weighted by Crippen LogP contribution is 2.29. The maximum absolute atomic E-state index is 12.3. The molecule has 2 aromatic carbocycles. The highest BCUT2D eigenvalue weighted by atomic mass is 32.1. The lowest BCUT2D eigenvalue weighted by molar-refractivity contribution is -0.118. The number of benzene rings is 2. The van der Waals surface area contributed by atoms with E-state index in [2.05, 4.69) is 15.6 Å². The molecule has 3 rings (SSSR count). The molecule has 5 nitrogen and oxygen atoms in total. The van der Waals surface area contributed by atoms with Crippen molar-refractivity contribution in [2.45, 2.75) is 20.8 Å². The summed E-state index contributed by atoms with van der Waals surface area (Å²) in [6.45, 7) is 5.67. The third-order valence-electron chi connectivity index (χ3n) is 3.71. The largest absolute Gasteiger partial charge is 0.326 e. The SMILES string of the molecule is Cc1ccc(C(=O)Nc2nc3ccc(NC(=O)C(C)C)cc3s2)cc1. The quantitative estimate of drug-likeness (QED) is 0.728. The molecule has 0 bridgehead atoms. The van der Waals surface area contributed by atoms with Gasteiger partial charge in [-0.1, -0.05) is 42.9 Å². The number of fused-ring (bicyclic) bond motifs is 1. The fourth-order valence-corrected chi connectivity index (χ4v) is 3.12. The van der Waals surface area contributed by atoms with E-state index in [1.54, 1.807) is 12.1 Å². The van der Waals surface area contributed by atoms with Crippen molar-refractivity contribution in [1.82, 2.24) is 4.98 Å². The second kappa shape index (κ2) is 7.03. The molecule has 1 aromatic heterocycles. The molecular weight excluding hydrogens is 334 g/mol. The number of aromatic nitrogens is 1. The van der Waals surface area contributed by atoms with E-state index < -0.39 is 0 Å².